The summed E-state index contributed by atoms with van der Waals surface area (Å²) in [5, 5.41) is 8.68. The van der Waals surface area contributed by atoms with Gasteiger partial charge in [-0.15, -0.1) is 0 Å². The summed E-state index contributed by atoms with van der Waals surface area (Å²) in [6, 6.07) is 0.299. The summed E-state index contributed by atoms with van der Waals surface area (Å²) in [5.74, 6) is -1.80. The summed E-state index contributed by atoms with van der Waals surface area (Å²) >= 11 is 0. The van der Waals surface area contributed by atoms with E-state index in [1.165, 1.54) is 0 Å². The molecule has 3 nitrogen and oxygen atoms in total. The van der Waals surface area contributed by atoms with Crippen molar-refractivity contribution in [2.24, 2.45) is 5.92 Å². The number of likely N-dealkylation sites (tertiary alicyclic amines) is 1. The van der Waals surface area contributed by atoms with E-state index < -0.39 is 18.1 Å². The van der Waals surface area contributed by atoms with Crippen LogP contribution in [0, 0.1) is 5.92 Å². The van der Waals surface area contributed by atoms with Gasteiger partial charge in [0.2, 0.25) is 0 Å². The molecule has 0 aromatic carbocycles. The third kappa shape index (κ3) is 2.40. The Morgan fingerprint density at radius 1 is 1.62 bits per heavy atom. The Bertz CT molecular complexity index is 196. The number of carboxylic acid groups (broad SMARTS) is 1. The molecule has 4 heteroatoms. The first-order chi connectivity index (χ1) is 6.02. The topological polar surface area (TPSA) is 40.5 Å². The summed E-state index contributed by atoms with van der Waals surface area (Å²) < 4.78 is 13.3. The third-order valence-electron chi connectivity index (χ3n) is 2.62. The highest BCUT2D eigenvalue weighted by molar-refractivity contribution is 5.70. The van der Waals surface area contributed by atoms with E-state index in [2.05, 4.69) is 0 Å². The fraction of sp³-hybridized carbons (Fsp3) is 0.889. The van der Waals surface area contributed by atoms with Crippen LogP contribution in [0.1, 0.15) is 20.3 Å². The zero-order valence-electron chi connectivity index (χ0n) is 8.03. The molecule has 1 heterocycles. The Hall–Kier alpha value is -0.640. The number of rotatable bonds is 2. The van der Waals surface area contributed by atoms with Crippen molar-refractivity contribution in [1.82, 2.24) is 4.90 Å². The maximum Gasteiger partial charge on any atom is 0.309 e. The molecule has 0 aromatic rings. The van der Waals surface area contributed by atoms with Crippen LogP contribution in [-0.4, -0.2) is 41.3 Å². The quantitative estimate of drug-likeness (QED) is 0.708. The van der Waals surface area contributed by atoms with E-state index in [-0.39, 0.29) is 6.54 Å². The van der Waals surface area contributed by atoms with Crippen molar-refractivity contribution in [3.63, 3.8) is 0 Å². The van der Waals surface area contributed by atoms with Crippen LogP contribution in [0.2, 0.25) is 0 Å². The van der Waals surface area contributed by atoms with Gasteiger partial charge in [-0.2, -0.15) is 0 Å². The molecule has 1 aliphatic rings. The maximum absolute atomic E-state index is 13.3. The highest BCUT2D eigenvalue weighted by Crippen LogP contribution is 2.22. The van der Waals surface area contributed by atoms with E-state index in [0.717, 1.165) is 0 Å². The number of carbonyl (C=O) groups is 1. The van der Waals surface area contributed by atoms with Gasteiger partial charge in [-0.25, -0.2) is 4.39 Å². The van der Waals surface area contributed by atoms with Crippen LogP contribution < -0.4 is 0 Å². The van der Waals surface area contributed by atoms with E-state index in [0.29, 0.717) is 19.0 Å². The van der Waals surface area contributed by atoms with Gasteiger partial charge in [0.15, 0.2) is 0 Å². The van der Waals surface area contributed by atoms with Crippen molar-refractivity contribution in [3.8, 4) is 0 Å². The van der Waals surface area contributed by atoms with Crippen molar-refractivity contribution in [3.05, 3.63) is 0 Å². The molecule has 1 fully saturated rings. The molecule has 1 saturated heterocycles. The number of piperidine rings is 1. The van der Waals surface area contributed by atoms with Crippen LogP contribution >= 0.6 is 0 Å². The number of hydrogen-bond donors (Lipinski definition) is 1. The number of aliphatic carboxylic acids is 1. The van der Waals surface area contributed by atoms with Gasteiger partial charge in [-0.1, -0.05) is 0 Å². The second-order valence-corrected chi connectivity index (χ2v) is 3.84. The van der Waals surface area contributed by atoms with Crippen LogP contribution in [-0.2, 0) is 4.79 Å². The first-order valence-electron chi connectivity index (χ1n) is 4.63. The largest absolute Gasteiger partial charge is 0.481 e. The second-order valence-electron chi connectivity index (χ2n) is 3.84. The van der Waals surface area contributed by atoms with Crippen LogP contribution in [0.15, 0.2) is 0 Å². The number of hydrogen-bond acceptors (Lipinski definition) is 2. The van der Waals surface area contributed by atoms with Gasteiger partial charge < -0.3 is 5.11 Å². The van der Waals surface area contributed by atoms with Gasteiger partial charge >= 0.3 is 5.97 Å². The lowest BCUT2D eigenvalue weighted by molar-refractivity contribution is -0.146. The fourth-order valence-electron chi connectivity index (χ4n) is 1.68. The lowest BCUT2D eigenvalue weighted by Gasteiger charge is -2.35. The summed E-state index contributed by atoms with van der Waals surface area (Å²) in [6.07, 6.45) is -0.789. The van der Waals surface area contributed by atoms with Gasteiger partial charge in [0, 0.05) is 12.6 Å². The van der Waals surface area contributed by atoms with Gasteiger partial charge in [-0.05, 0) is 26.8 Å². The molecule has 1 rings (SSSR count). The SMILES string of the molecule is CC(C)N1CCC(C(=O)O)C(F)C1. The fourth-order valence-corrected chi connectivity index (χ4v) is 1.68. The smallest absolute Gasteiger partial charge is 0.309 e. The van der Waals surface area contributed by atoms with Gasteiger partial charge in [0.1, 0.15) is 6.17 Å². The average molecular weight is 189 g/mol. The number of nitrogens with zero attached hydrogens (tertiary/aromatic N) is 1. The minimum atomic E-state index is -1.21. The third-order valence-corrected chi connectivity index (χ3v) is 2.62. The average Bonchev–Trinajstić information content (AvgIpc) is 2.03. The first kappa shape index (κ1) is 10.4. The summed E-state index contributed by atoms with van der Waals surface area (Å²) in [7, 11) is 0. The summed E-state index contributed by atoms with van der Waals surface area (Å²) in [4.78, 5) is 12.6. The molecule has 2 unspecified atom stereocenters. The van der Waals surface area contributed by atoms with Crippen molar-refractivity contribution >= 4 is 5.97 Å². The van der Waals surface area contributed by atoms with Crippen molar-refractivity contribution in [2.45, 2.75) is 32.5 Å². The molecule has 1 aliphatic heterocycles. The standard InChI is InChI=1S/C9H16FNO2/c1-6(2)11-4-3-7(9(12)13)8(10)5-11/h6-8H,3-5H2,1-2H3,(H,12,13). The molecule has 2 atom stereocenters. The Balaban J connectivity index is 2.51. The lowest BCUT2D eigenvalue weighted by atomic mass is 9.94. The molecule has 0 aliphatic carbocycles. The molecule has 0 amide bonds. The van der Waals surface area contributed by atoms with Crippen LogP contribution in [0.5, 0.6) is 0 Å². The molecule has 13 heavy (non-hydrogen) atoms. The summed E-state index contributed by atoms with van der Waals surface area (Å²) in [6.45, 7) is 4.94. The number of carboxylic acids is 1. The molecule has 0 aromatic heterocycles. The minimum absolute atomic E-state index is 0.259. The van der Waals surface area contributed by atoms with Crippen LogP contribution in [0.4, 0.5) is 4.39 Å². The molecule has 1 N–H and O–H groups in total. The zero-order valence-corrected chi connectivity index (χ0v) is 8.03. The monoisotopic (exact) mass is 189 g/mol. The Morgan fingerprint density at radius 2 is 2.23 bits per heavy atom. The van der Waals surface area contributed by atoms with Crippen molar-refractivity contribution in [1.29, 1.82) is 0 Å². The van der Waals surface area contributed by atoms with E-state index in [1.807, 2.05) is 18.7 Å². The van der Waals surface area contributed by atoms with Gasteiger partial charge in [0.25, 0.3) is 0 Å². The van der Waals surface area contributed by atoms with Gasteiger partial charge in [0.05, 0.1) is 5.92 Å². The molecule has 0 spiro atoms. The normalized spacial score (nSPS) is 30.8. The Labute approximate surface area is 77.5 Å². The maximum atomic E-state index is 13.3. The van der Waals surface area contributed by atoms with E-state index >= 15 is 0 Å². The molecule has 76 valence electrons. The number of halogens is 1. The van der Waals surface area contributed by atoms with Gasteiger partial charge in [-0.3, -0.25) is 9.69 Å². The molecular weight excluding hydrogens is 173 g/mol. The number of alkyl halides is 1. The van der Waals surface area contributed by atoms with Crippen molar-refractivity contribution in [2.75, 3.05) is 13.1 Å². The molecule has 0 bridgehead atoms. The Kier molecular flexibility index (Phi) is 3.25. The highest BCUT2D eigenvalue weighted by Gasteiger charge is 2.34. The predicted molar refractivity (Wildman–Crippen MR) is 47.3 cm³/mol. The van der Waals surface area contributed by atoms with Crippen molar-refractivity contribution < 1.29 is 14.3 Å². The van der Waals surface area contributed by atoms with E-state index in [4.69, 9.17) is 5.11 Å². The lowest BCUT2D eigenvalue weighted by Crippen LogP contribution is -2.47. The summed E-state index contributed by atoms with van der Waals surface area (Å²) in [5.41, 5.74) is 0. The second kappa shape index (κ2) is 4.05. The zero-order chi connectivity index (χ0) is 10.0. The minimum Gasteiger partial charge on any atom is -0.481 e. The van der Waals surface area contributed by atoms with E-state index in [1.54, 1.807) is 0 Å². The highest BCUT2D eigenvalue weighted by atomic mass is 19.1. The first-order valence-corrected chi connectivity index (χ1v) is 4.63. The molecule has 0 radical (unpaired) electrons. The Morgan fingerprint density at radius 3 is 2.62 bits per heavy atom. The molecule has 0 saturated carbocycles. The van der Waals surface area contributed by atoms with E-state index in [9.17, 15) is 9.18 Å². The predicted octanol–water partition coefficient (Wildman–Crippen LogP) is 1.14. The van der Waals surface area contributed by atoms with Crippen LogP contribution in [0.25, 0.3) is 0 Å². The van der Waals surface area contributed by atoms with Crippen LogP contribution in [0.3, 0.4) is 0 Å². The molecular formula is C9H16FNO2.